The van der Waals surface area contributed by atoms with Gasteiger partial charge in [0, 0.05) is 35.6 Å². The van der Waals surface area contributed by atoms with Crippen molar-refractivity contribution < 1.29 is 24.2 Å². The van der Waals surface area contributed by atoms with Crippen molar-refractivity contribution in [1.29, 1.82) is 0 Å². The van der Waals surface area contributed by atoms with Crippen molar-refractivity contribution in [2.75, 3.05) is 6.54 Å². The van der Waals surface area contributed by atoms with Crippen molar-refractivity contribution in [2.24, 2.45) is 10.7 Å². The Balaban J connectivity index is 1.94. The molecule has 0 unspecified atom stereocenters. The van der Waals surface area contributed by atoms with Gasteiger partial charge in [-0.2, -0.15) is 4.99 Å². The number of nitrogens with two attached hydrogens (primary N) is 1. The number of benzene rings is 1. The number of aromatic amines is 1. The first-order valence-electron chi connectivity index (χ1n) is 10.8. The zero-order valence-electron chi connectivity index (χ0n) is 18.9. The lowest BCUT2D eigenvalue weighted by molar-refractivity contribution is -0.137. The Bertz CT molecular complexity index is 988. The van der Waals surface area contributed by atoms with Crippen LogP contribution in [0.25, 0.3) is 10.9 Å². The van der Waals surface area contributed by atoms with E-state index in [0.29, 0.717) is 29.5 Å². The molecular weight excluding hydrogens is 412 g/mol. The summed E-state index contributed by atoms with van der Waals surface area (Å²) in [5, 5.41) is 12.2. The Morgan fingerprint density at radius 2 is 1.81 bits per heavy atom. The zero-order chi connectivity index (χ0) is 23.7. The Kier molecular flexibility index (Phi) is 8.80. The van der Waals surface area contributed by atoms with Crippen LogP contribution >= 0.6 is 0 Å². The maximum absolute atomic E-state index is 12.6. The molecule has 0 aliphatic rings. The fourth-order valence-corrected chi connectivity index (χ4v) is 3.14. The van der Waals surface area contributed by atoms with E-state index in [4.69, 9.17) is 15.6 Å². The summed E-state index contributed by atoms with van der Waals surface area (Å²) in [6.45, 7) is 5.76. The van der Waals surface area contributed by atoms with Crippen LogP contribution in [0.5, 0.6) is 0 Å². The lowest BCUT2D eigenvalue weighted by Crippen LogP contribution is -2.24. The molecule has 32 heavy (non-hydrogen) atoms. The molecule has 1 aromatic carbocycles. The summed E-state index contributed by atoms with van der Waals surface area (Å²) in [4.78, 5) is 41.9. The number of nitrogens with zero attached hydrogens (tertiary/aromatic N) is 1. The number of aliphatic carboxylic acids is 1. The predicted octanol–water partition coefficient (Wildman–Crippen LogP) is 3.96. The number of hydrogen-bond acceptors (Lipinski definition) is 4. The van der Waals surface area contributed by atoms with E-state index in [2.05, 4.69) is 15.3 Å². The Hall–Kier alpha value is -3.36. The lowest BCUT2D eigenvalue weighted by Gasteiger charge is -2.17. The Morgan fingerprint density at radius 1 is 1.12 bits per heavy atom. The molecule has 2 rings (SSSR count). The number of aliphatic imine (C=N–C) groups is 1. The van der Waals surface area contributed by atoms with Crippen molar-refractivity contribution in [3.8, 4) is 0 Å². The summed E-state index contributed by atoms with van der Waals surface area (Å²) in [5.74, 6) is -0.962. The van der Waals surface area contributed by atoms with Crippen molar-refractivity contribution >= 4 is 34.7 Å². The highest BCUT2D eigenvalue weighted by molar-refractivity contribution is 6.10. The van der Waals surface area contributed by atoms with Crippen LogP contribution in [0.1, 0.15) is 75.2 Å². The van der Waals surface area contributed by atoms with Gasteiger partial charge in [0.25, 0.3) is 5.91 Å². The summed E-state index contributed by atoms with van der Waals surface area (Å²) in [5.41, 5.74) is 7.06. The summed E-state index contributed by atoms with van der Waals surface area (Å²) >= 11 is 0. The van der Waals surface area contributed by atoms with Gasteiger partial charge in [-0.05, 0) is 51.8 Å². The number of fused-ring (bicyclic) bond motifs is 1. The number of H-pyrrole nitrogens is 1. The van der Waals surface area contributed by atoms with E-state index in [1.54, 1.807) is 45.2 Å². The third-order valence-electron chi connectivity index (χ3n) is 4.68. The number of amidine groups is 1. The van der Waals surface area contributed by atoms with E-state index >= 15 is 0 Å². The summed E-state index contributed by atoms with van der Waals surface area (Å²) in [7, 11) is 0. The van der Waals surface area contributed by atoms with Gasteiger partial charge in [0.1, 0.15) is 11.4 Å². The van der Waals surface area contributed by atoms with E-state index in [1.807, 2.05) is 0 Å². The number of carbonyl (C=O) groups excluding carboxylic acids is 2. The van der Waals surface area contributed by atoms with Crippen molar-refractivity contribution in [1.82, 2.24) is 10.3 Å². The highest BCUT2D eigenvalue weighted by atomic mass is 16.6. The van der Waals surface area contributed by atoms with E-state index in [1.165, 1.54) is 0 Å². The third-order valence-corrected chi connectivity index (χ3v) is 4.68. The summed E-state index contributed by atoms with van der Waals surface area (Å²) < 4.78 is 5.16. The molecule has 0 aliphatic carbocycles. The molecule has 0 radical (unpaired) electrons. The molecule has 0 saturated heterocycles. The maximum Gasteiger partial charge on any atom is 0.436 e. The molecule has 1 heterocycles. The second-order valence-electron chi connectivity index (χ2n) is 8.61. The standard InChI is InChI=1S/C23H32N4O5/c1-23(2,3)32-22(31)27-20(24)15-10-11-18-16(13-15)17(14-26-18)21(30)25-12-8-6-4-5-7-9-19(28)29/h10-11,13-14,26H,4-9,12H2,1-3H3,(H,25,30)(H,28,29)(H2,24,27,31). The van der Waals surface area contributed by atoms with Crippen LogP contribution in [0.4, 0.5) is 4.79 Å². The molecule has 2 aromatic rings. The van der Waals surface area contributed by atoms with E-state index in [-0.39, 0.29) is 18.2 Å². The second kappa shape index (κ2) is 11.3. The first-order valence-corrected chi connectivity index (χ1v) is 10.8. The van der Waals surface area contributed by atoms with Gasteiger partial charge in [0.05, 0.1) is 5.56 Å². The molecule has 0 aliphatic heterocycles. The first-order chi connectivity index (χ1) is 15.1. The number of ether oxygens (including phenoxy) is 1. The van der Waals surface area contributed by atoms with Crippen LogP contribution in [0.2, 0.25) is 0 Å². The van der Waals surface area contributed by atoms with Gasteiger partial charge < -0.3 is 25.9 Å². The smallest absolute Gasteiger partial charge is 0.436 e. The summed E-state index contributed by atoms with van der Waals surface area (Å²) in [6.07, 6.45) is 5.30. The van der Waals surface area contributed by atoms with E-state index in [0.717, 1.165) is 31.2 Å². The van der Waals surface area contributed by atoms with Gasteiger partial charge >= 0.3 is 12.1 Å². The molecule has 0 bridgehead atoms. The average molecular weight is 445 g/mol. The fourth-order valence-electron chi connectivity index (χ4n) is 3.14. The highest BCUT2D eigenvalue weighted by Crippen LogP contribution is 2.20. The molecule has 174 valence electrons. The molecule has 0 atom stereocenters. The number of carboxylic acids is 1. The number of carbonyl (C=O) groups is 3. The molecule has 1 aromatic heterocycles. The topological polar surface area (TPSA) is 147 Å². The normalized spacial score (nSPS) is 12.0. The number of rotatable bonds is 10. The molecule has 2 amide bonds. The number of hydrogen-bond donors (Lipinski definition) is 4. The van der Waals surface area contributed by atoms with Crippen LogP contribution in [0.15, 0.2) is 29.4 Å². The largest absolute Gasteiger partial charge is 0.481 e. The highest BCUT2D eigenvalue weighted by Gasteiger charge is 2.17. The predicted molar refractivity (Wildman–Crippen MR) is 123 cm³/mol. The van der Waals surface area contributed by atoms with E-state index in [9.17, 15) is 14.4 Å². The number of carboxylic acid groups (broad SMARTS) is 1. The van der Waals surface area contributed by atoms with Gasteiger partial charge in [-0.3, -0.25) is 9.59 Å². The van der Waals surface area contributed by atoms with Crippen molar-refractivity contribution in [3.05, 3.63) is 35.5 Å². The van der Waals surface area contributed by atoms with Crippen LogP contribution in [-0.4, -0.2) is 46.0 Å². The van der Waals surface area contributed by atoms with Crippen LogP contribution < -0.4 is 11.1 Å². The number of amides is 2. The number of unbranched alkanes of at least 4 members (excludes halogenated alkanes) is 4. The van der Waals surface area contributed by atoms with Crippen LogP contribution in [0.3, 0.4) is 0 Å². The Morgan fingerprint density at radius 3 is 2.50 bits per heavy atom. The van der Waals surface area contributed by atoms with Gasteiger partial charge in [0.2, 0.25) is 0 Å². The van der Waals surface area contributed by atoms with Crippen LogP contribution in [0, 0.1) is 0 Å². The fraction of sp³-hybridized carbons (Fsp3) is 0.478. The molecule has 9 heteroatoms. The molecule has 5 N–H and O–H groups in total. The SMILES string of the molecule is CC(C)(C)OC(=O)/N=C(/N)c1ccc2[nH]cc(C(=O)NCCCCCCCC(=O)O)c2c1. The molecule has 0 saturated carbocycles. The zero-order valence-corrected chi connectivity index (χ0v) is 18.9. The number of aromatic nitrogens is 1. The second-order valence-corrected chi connectivity index (χ2v) is 8.61. The summed E-state index contributed by atoms with van der Waals surface area (Å²) in [6, 6.07) is 5.20. The number of nitrogens with one attached hydrogen (secondary N) is 2. The minimum atomic E-state index is -0.773. The van der Waals surface area contributed by atoms with Crippen LogP contribution in [-0.2, 0) is 9.53 Å². The average Bonchev–Trinajstić information content (AvgIpc) is 3.11. The van der Waals surface area contributed by atoms with E-state index < -0.39 is 17.7 Å². The third kappa shape index (κ3) is 8.05. The van der Waals surface area contributed by atoms with Gasteiger partial charge in [-0.15, -0.1) is 0 Å². The minimum Gasteiger partial charge on any atom is -0.481 e. The van der Waals surface area contributed by atoms with Crippen molar-refractivity contribution in [3.63, 3.8) is 0 Å². The molecular formula is C23H32N4O5. The quantitative estimate of drug-likeness (QED) is 0.248. The van der Waals surface area contributed by atoms with Gasteiger partial charge in [-0.25, -0.2) is 4.79 Å². The molecule has 9 nitrogen and oxygen atoms in total. The Labute approximate surface area is 187 Å². The van der Waals surface area contributed by atoms with Gasteiger partial charge in [-0.1, -0.05) is 19.3 Å². The first kappa shape index (κ1) is 24.9. The maximum atomic E-state index is 12.6. The monoisotopic (exact) mass is 444 g/mol. The lowest BCUT2D eigenvalue weighted by atomic mass is 10.1. The van der Waals surface area contributed by atoms with Gasteiger partial charge in [0.15, 0.2) is 0 Å². The van der Waals surface area contributed by atoms with Crippen molar-refractivity contribution in [2.45, 2.75) is 64.9 Å². The molecule has 0 spiro atoms. The molecule has 0 fully saturated rings. The minimum absolute atomic E-state index is 0.0107.